The second kappa shape index (κ2) is 18.1. The van der Waals surface area contributed by atoms with Crippen LogP contribution >= 0.6 is 0 Å². The summed E-state index contributed by atoms with van der Waals surface area (Å²) in [5.74, 6) is 0.400. The van der Waals surface area contributed by atoms with E-state index < -0.39 is 0 Å². The van der Waals surface area contributed by atoms with Crippen molar-refractivity contribution in [1.29, 1.82) is 15.8 Å². The lowest BCUT2D eigenvalue weighted by molar-refractivity contribution is 1.15. The molecule has 0 unspecified atom stereocenters. The molecule has 9 nitrogen and oxygen atoms in total. The van der Waals surface area contributed by atoms with E-state index in [2.05, 4.69) is 194 Å². The minimum atomic E-state index is 0.219. The van der Waals surface area contributed by atoms with Gasteiger partial charge < -0.3 is 18.3 Å². The predicted molar refractivity (Wildman–Crippen MR) is 330 cm³/mol. The Morgan fingerprint density at radius 3 is 0.963 bits per heavy atom. The number of benzene rings is 11. The third-order valence-electron chi connectivity index (χ3n) is 16.3. The van der Waals surface area contributed by atoms with Gasteiger partial charge in [-0.1, -0.05) is 152 Å². The van der Waals surface area contributed by atoms with Crippen molar-refractivity contribution in [1.82, 2.24) is 28.2 Å². The van der Waals surface area contributed by atoms with Gasteiger partial charge >= 0.3 is 0 Å². The number of hydrogen-bond acceptors (Lipinski definition) is 5. The van der Waals surface area contributed by atoms with Crippen LogP contribution in [-0.2, 0) is 0 Å². The van der Waals surface area contributed by atoms with Gasteiger partial charge in [0.2, 0.25) is 0 Å². The quantitative estimate of drug-likeness (QED) is 0.158. The van der Waals surface area contributed by atoms with Crippen LogP contribution in [0.5, 0.6) is 0 Å². The summed E-state index contributed by atoms with van der Waals surface area (Å²) < 4.78 is 9.01. The molecule has 16 aromatic rings. The molecule has 9 heteroatoms. The van der Waals surface area contributed by atoms with Crippen LogP contribution in [0.2, 0.25) is 0 Å². The Bertz CT molecular complexity index is 5170. The molecule has 378 valence electrons. The Morgan fingerprint density at radius 2 is 0.598 bits per heavy atom. The van der Waals surface area contributed by atoms with Crippen molar-refractivity contribution in [2.45, 2.75) is 0 Å². The molecule has 0 fully saturated rings. The van der Waals surface area contributed by atoms with Crippen LogP contribution in [-0.4, -0.2) is 28.2 Å². The summed E-state index contributed by atoms with van der Waals surface area (Å²) >= 11 is 0. The number of aromatic nitrogens is 6. The lowest BCUT2D eigenvalue weighted by Crippen LogP contribution is -2.03. The van der Waals surface area contributed by atoms with E-state index in [0.717, 1.165) is 104 Å². The molecule has 16 rings (SSSR count). The molecule has 82 heavy (non-hydrogen) atoms. The second-order valence-electron chi connectivity index (χ2n) is 20.6. The lowest BCUT2D eigenvalue weighted by atomic mass is 9.97. The molecule has 0 amide bonds. The SMILES string of the molecule is N#Cc1cc(-c2nc(-c3ccccc3)nc(-c3ccc(-n4c5ccccc5c5cc6c(cc54)c4ccccc4n6-c4ccccc4)c(C#N)c3)c2C#N)ccc1-n1c2ccccc2c2cc3c(cc21)c1ccccc1n3-c1ccccc1. The molecule has 0 N–H and O–H groups in total. The van der Waals surface area contributed by atoms with Crippen LogP contribution in [0.25, 0.3) is 144 Å². The normalized spacial score (nSPS) is 11.6. The molecule has 11 aromatic carbocycles. The number of para-hydroxylation sites is 6. The second-order valence-corrected chi connectivity index (χ2v) is 20.6. The Labute approximate surface area is 469 Å². The molecule has 0 aliphatic carbocycles. The van der Waals surface area contributed by atoms with Gasteiger partial charge in [0.15, 0.2) is 5.82 Å². The fraction of sp³-hybridized carbons (Fsp3) is 0. The maximum atomic E-state index is 11.3. The van der Waals surface area contributed by atoms with Crippen molar-refractivity contribution in [3.63, 3.8) is 0 Å². The molecule has 0 spiro atoms. The zero-order valence-electron chi connectivity index (χ0n) is 43.7. The molecular formula is C73H41N9. The number of fused-ring (bicyclic) bond motifs is 12. The van der Waals surface area contributed by atoms with Crippen LogP contribution in [0, 0.1) is 34.0 Å². The largest absolute Gasteiger partial charge is 0.309 e. The zero-order valence-corrected chi connectivity index (χ0v) is 43.7. The van der Waals surface area contributed by atoms with Gasteiger partial charge in [-0.2, -0.15) is 15.8 Å². The molecule has 0 aliphatic rings. The van der Waals surface area contributed by atoms with Crippen LogP contribution in [0.4, 0.5) is 0 Å². The summed E-state index contributed by atoms with van der Waals surface area (Å²) in [6, 6.07) is 92.3. The molecule has 0 saturated carbocycles. The van der Waals surface area contributed by atoms with Gasteiger partial charge in [0.1, 0.15) is 23.8 Å². The van der Waals surface area contributed by atoms with E-state index in [1.54, 1.807) is 0 Å². The first-order chi connectivity index (χ1) is 40.6. The van der Waals surface area contributed by atoms with E-state index in [9.17, 15) is 15.8 Å². The van der Waals surface area contributed by atoms with Crippen molar-refractivity contribution in [2.24, 2.45) is 0 Å². The van der Waals surface area contributed by atoms with Crippen molar-refractivity contribution >= 4 is 87.2 Å². The van der Waals surface area contributed by atoms with E-state index in [4.69, 9.17) is 9.97 Å². The summed E-state index contributed by atoms with van der Waals surface area (Å²) in [5, 5.41) is 42.4. The molecule has 5 aromatic heterocycles. The zero-order chi connectivity index (χ0) is 54.6. The molecule has 0 saturated heterocycles. The van der Waals surface area contributed by atoms with Crippen molar-refractivity contribution in [3.05, 3.63) is 265 Å². The van der Waals surface area contributed by atoms with Crippen molar-refractivity contribution < 1.29 is 0 Å². The van der Waals surface area contributed by atoms with E-state index in [1.165, 1.54) is 0 Å². The van der Waals surface area contributed by atoms with Gasteiger partial charge in [0, 0.05) is 71.2 Å². The maximum absolute atomic E-state index is 11.3. The summed E-state index contributed by atoms with van der Waals surface area (Å²) in [4.78, 5) is 10.3. The van der Waals surface area contributed by atoms with Crippen molar-refractivity contribution in [3.8, 4) is 74.9 Å². The van der Waals surface area contributed by atoms with E-state index >= 15 is 0 Å². The van der Waals surface area contributed by atoms with Gasteiger partial charge in [0.05, 0.1) is 78.0 Å². The number of nitrogens with zero attached hydrogens (tertiary/aromatic N) is 9. The highest BCUT2D eigenvalue weighted by molar-refractivity contribution is 6.21. The summed E-state index contributed by atoms with van der Waals surface area (Å²) in [7, 11) is 0. The fourth-order valence-corrected chi connectivity index (χ4v) is 12.7. The first-order valence-corrected chi connectivity index (χ1v) is 27.1. The first-order valence-electron chi connectivity index (χ1n) is 27.1. The highest BCUT2D eigenvalue weighted by Gasteiger charge is 2.25. The smallest absolute Gasteiger partial charge is 0.160 e. The van der Waals surface area contributed by atoms with Gasteiger partial charge in [-0.3, -0.25) is 0 Å². The Balaban J connectivity index is 0.870. The Hall–Kier alpha value is -11.8. The minimum absolute atomic E-state index is 0.219. The highest BCUT2D eigenvalue weighted by atomic mass is 15.0. The first kappa shape index (κ1) is 46.3. The number of hydrogen-bond donors (Lipinski definition) is 0. The average molecular weight is 1040 g/mol. The van der Waals surface area contributed by atoms with Gasteiger partial charge in [-0.15, -0.1) is 0 Å². The van der Waals surface area contributed by atoms with Crippen molar-refractivity contribution in [2.75, 3.05) is 0 Å². The van der Waals surface area contributed by atoms with Crippen LogP contribution in [0.3, 0.4) is 0 Å². The van der Waals surface area contributed by atoms with Gasteiger partial charge in [-0.05, 0) is 97.1 Å². The van der Waals surface area contributed by atoms with E-state index in [-0.39, 0.29) is 5.56 Å². The van der Waals surface area contributed by atoms with Crippen LogP contribution in [0.1, 0.15) is 16.7 Å². The molecule has 0 bridgehead atoms. The molecular weight excluding hydrogens is 1000 g/mol. The summed E-state index contributed by atoms with van der Waals surface area (Å²) in [6.45, 7) is 0. The van der Waals surface area contributed by atoms with Gasteiger partial charge in [-0.25, -0.2) is 9.97 Å². The fourth-order valence-electron chi connectivity index (χ4n) is 12.7. The maximum Gasteiger partial charge on any atom is 0.160 e. The summed E-state index contributed by atoms with van der Waals surface area (Å²) in [5.41, 5.74) is 15.4. The third-order valence-corrected chi connectivity index (χ3v) is 16.3. The highest BCUT2D eigenvalue weighted by Crippen LogP contribution is 2.44. The molecule has 0 atom stereocenters. The number of nitriles is 3. The summed E-state index contributed by atoms with van der Waals surface area (Å²) in [6.07, 6.45) is 0. The minimum Gasteiger partial charge on any atom is -0.309 e. The standard InChI is InChI=1S/C73H41N9/c74-42-48-36-46(32-34-61(48)81-65-30-16-12-26-54(65)58-38-67-56(40-69(58)81)52-24-10-14-28-63(52)79(67)50-20-6-2-7-21-50)71-60(44-76)72(78-73(77-71)45-18-4-1-5-19-45)47-33-35-62(49(37-47)43-75)82-66-31-17-13-27-55(66)59-39-68-57(41-70(59)82)53-25-11-15-29-64(53)80(68)51-22-8-3-9-23-51/h1-41H. The van der Waals surface area contributed by atoms with E-state index in [0.29, 0.717) is 50.8 Å². The van der Waals surface area contributed by atoms with E-state index in [1.807, 2.05) is 91.0 Å². The molecule has 5 heterocycles. The topological polar surface area (TPSA) is 117 Å². The average Bonchev–Trinajstić information content (AvgIpc) is 3.22. The van der Waals surface area contributed by atoms with Gasteiger partial charge in [0.25, 0.3) is 0 Å². The Morgan fingerprint density at radius 1 is 0.268 bits per heavy atom. The molecule has 0 radical (unpaired) electrons. The third kappa shape index (κ3) is 6.83. The number of rotatable bonds is 7. The van der Waals surface area contributed by atoms with Crippen LogP contribution in [0.15, 0.2) is 249 Å². The Kier molecular flexibility index (Phi) is 10.2. The predicted octanol–water partition coefficient (Wildman–Crippen LogP) is 17.5. The van der Waals surface area contributed by atoms with Crippen LogP contribution < -0.4 is 0 Å². The lowest BCUT2D eigenvalue weighted by Gasteiger charge is -2.16. The monoisotopic (exact) mass is 1040 g/mol. The molecule has 0 aliphatic heterocycles.